The molecule has 2 N–H and O–H groups in total. The molecule has 178 valence electrons. The maximum atomic E-state index is 4.64. The molecule has 8 heteroatoms. The summed E-state index contributed by atoms with van der Waals surface area (Å²) in [6.07, 6.45) is 5.69. The minimum absolute atomic E-state index is 0.708. The summed E-state index contributed by atoms with van der Waals surface area (Å²) in [6.45, 7) is 5.09. The first-order valence-electron chi connectivity index (χ1n) is 12.0. The highest BCUT2D eigenvalue weighted by Gasteiger charge is 2.19. The maximum absolute atomic E-state index is 4.64. The molecule has 1 saturated heterocycles. The summed E-state index contributed by atoms with van der Waals surface area (Å²) < 4.78 is 0. The number of likely N-dealkylation sites (N-methyl/N-ethyl adjacent to an activating group) is 1. The van der Waals surface area contributed by atoms with E-state index in [4.69, 9.17) is 0 Å². The van der Waals surface area contributed by atoms with Gasteiger partial charge in [0.1, 0.15) is 0 Å². The second kappa shape index (κ2) is 8.79. The number of piperazine rings is 1. The molecule has 5 aromatic rings. The molecule has 8 nitrogen and oxygen atoms in total. The van der Waals surface area contributed by atoms with Crippen molar-refractivity contribution < 1.29 is 0 Å². The lowest BCUT2D eigenvalue weighted by molar-refractivity contribution is 0.313. The zero-order valence-electron chi connectivity index (χ0n) is 20.4. The van der Waals surface area contributed by atoms with Crippen LogP contribution in [0, 0.1) is 0 Å². The molecular weight excluding hydrogens is 436 g/mol. The van der Waals surface area contributed by atoms with Gasteiger partial charge in [-0.15, -0.1) is 0 Å². The Balaban J connectivity index is 1.39. The van der Waals surface area contributed by atoms with Crippen LogP contribution in [0.4, 0.5) is 5.69 Å². The summed E-state index contributed by atoms with van der Waals surface area (Å²) in [5.41, 5.74) is 8.34. The predicted octanol–water partition coefficient (Wildman–Crippen LogP) is 3.98. The Kier molecular flexibility index (Phi) is 5.47. The molecule has 0 amide bonds. The second-order valence-electron chi connectivity index (χ2n) is 9.73. The van der Waals surface area contributed by atoms with Crippen LogP contribution in [0.2, 0.25) is 0 Å². The van der Waals surface area contributed by atoms with Gasteiger partial charge in [0.25, 0.3) is 0 Å². The van der Waals surface area contributed by atoms with Gasteiger partial charge in [-0.1, -0.05) is 6.07 Å². The molecule has 1 aromatic carbocycles. The van der Waals surface area contributed by atoms with E-state index in [9.17, 15) is 0 Å². The van der Waals surface area contributed by atoms with Gasteiger partial charge in [-0.25, -0.2) is 4.98 Å². The fourth-order valence-electron chi connectivity index (χ4n) is 4.96. The Morgan fingerprint density at radius 3 is 2.60 bits per heavy atom. The van der Waals surface area contributed by atoms with E-state index in [0.717, 1.165) is 66.1 Å². The lowest BCUT2D eigenvalue weighted by atomic mass is 10.1. The van der Waals surface area contributed by atoms with E-state index < -0.39 is 0 Å². The molecule has 0 unspecified atom stereocenters. The summed E-state index contributed by atoms with van der Waals surface area (Å²) in [5.74, 6) is 0. The Hall–Kier alpha value is -3.75. The quantitative estimate of drug-likeness (QED) is 0.408. The lowest BCUT2D eigenvalue weighted by Gasteiger charge is -2.34. The first-order valence-corrected chi connectivity index (χ1v) is 12.0. The van der Waals surface area contributed by atoms with E-state index in [0.29, 0.717) is 5.65 Å². The van der Waals surface area contributed by atoms with Gasteiger partial charge in [0.2, 0.25) is 0 Å². The van der Waals surface area contributed by atoms with Gasteiger partial charge in [0, 0.05) is 84.4 Å². The van der Waals surface area contributed by atoms with Crippen LogP contribution in [0.3, 0.4) is 0 Å². The molecule has 1 fully saturated rings. The highest BCUT2D eigenvalue weighted by molar-refractivity contribution is 6.00. The fourth-order valence-corrected chi connectivity index (χ4v) is 4.96. The molecule has 1 aliphatic rings. The van der Waals surface area contributed by atoms with Crippen LogP contribution in [0.25, 0.3) is 44.5 Å². The number of hydrogen-bond donors (Lipinski definition) is 2. The number of anilines is 1. The van der Waals surface area contributed by atoms with Gasteiger partial charge in [0.15, 0.2) is 5.65 Å². The molecule has 0 atom stereocenters. The van der Waals surface area contributed by atoms with Gasteiger partial charge in [-0.05, 0) is 57.0 Å². The number of nitrogens with one attached hydrogen (secondary N) is 2. The van der Waals surface area contributed by atoms with Crippen molar-refractivity contribution in [1.82, 2.24) is 34.9 Å². The summed E-state index contributed by atoms with van der Waals surface area (Å²) in [7, 11) is 6.31. The number of hydrogen-bond acceptors (Lipinski definition) is 6. The van der Waals surface area contributed by atoms with Gasteiger partial charge in [0.05, 0.1) is 11.4 Å². The Morgan fingerprint density at radius 2 is 1.77 bits per heavy atom. The molecule has 0 saturated carbocycles. The minimum atomic E-state index is 0.708. The third-order valence-corrected chi connectivity index (χ3v) is 6.79. The Bertz CT molecular complexity index is 1490. The number of H-pyrrole nitrogens is 2. The van der Waals surface area contributed by atoms with Crippen molar-refractivity contribution >= 4 is 27.6 Å². The zero-order chi connectivity index (χ0) is 23.9. The number of aromatic nitrogens is 5. The number of aromatic amines is 2. The summed E-state index contributed by atoms with van der Waals surface area (Å²) in [4.78, 5) is 19.7. The normalized spacial score (nSPS) is 15.0. The number of rotatable bonds is 5. The number of benzene rings is 1. The number of pyridine rings is 2. The molecule has 0 spiro atoms. The molecular formula is C27H30N8. The predicted molar refractivity (Wildman–Crippen MR) is 142 cm³/mol. The third kappa shape index (κ3) is 4.15. The Morgan fingerprint density at radius 1 is 0.943 bits per heavy atom. The maximum Gasteiger partial charge on any atom is 0.181 e. The first-order chi connectivity index (χ1) is 17.0. The molecule has 0 bridgehead atoms. The number of fused-ring (bicyclic) bond motifs is 2. The van der Waals surface area contributed by atoms with Crippen molar-refractivity contribution in [3.8, 4) is 22.5 Å². The van der Waals surface area contributed by atoms with Gasteiger partial charge in [-0.3, -0.25) is 10.1 Å². The van der Waals surface area contributed by atoms with E-state index in [1.54, 1.807) is 0 Å². The van der Waals surface area contributed by atoms with Crippen molar-refractivity contribution in [1.29, 1.82) is 0 Å². The van der Waals surface area contributed by atoms with Gasteiger partial charge < -0.3 is 19.7 Å². The van der Waals surface area contributed by atoms with E-state index in [1.165, 1.54) is 16.6 Å². The zero-order valence-corrected chi connectivity index (χ0v) is 20.4. The average molecular weight is 467 g/mol. The van der Waals surface area contributed by atoms with Crippen molar-refractivity contribution in [2.45, 2.75) is 6.54 Å². The van der Waals surface area contributed by atoms with Crippen LogP contribution in [0.15, 0.2) is 55.0 Å². The average Bonchev–Trinajstić information content (AvgIpc) is 3.48. The van der Waals surface area contributed by atoms with Crippen LogP contribution < -0.4 is 4.90 Å². The lowest BCUT2D eigenvalue weighted by Crippen LogP contribution is -2.44. The van der Waals surface area contributed by atoms with Gasteiger partial charge >= 0.3 is 0 Å². The summed E-state index contributed by atoms with van der Waals surface area (Å²) in [5, 5.41) is 9.94. The van der Waals surface area contributed by atoms with Crippen molar-refractivity contribution in [3.63, 3.8) is 0 Å². The van der Waals surface area contributed by atoms with Gasteiger partial charge in [-0.2, -0.15) is 5.10 Å². The minimum Gasteiger partial charge on any atom is -0.368 e. The van der Waals surface area contributed by atoms with Crippen molar-refractivity contribution in [3.05, 3.63) is 60.6 Å². The molecule has 4 aromatic heterocycles. The van der Waals surface area contributed by atoms with Crippen LogP contribution in [0.1, 0.15) is 5.56 Å². The standard InChI is InChI=1S/C27H30N8/c1-33(2)17-18-11-19(15-28-14-18)20-12-22-26(31-32-27(22)29-16-20)24-13-21-23(30-24)5-4-6-25(21)35-9-7-34(3)8-10-35/h4-6,11-16,30H,7-10,17H2,1-3H3,(H,29,31,32). The van der Waals surface area contributed by atoms with Crippen LogP contribution in [-0.2, 0) is 6.54 Å². The summed E-state index contributed by atoms with van der Waals surface area (Å²) in [6, 6.07) is 13.1. The monoisotopic (exact) mass is 466 g/mol. The highest BCUT2D eigenvalue weighted by Crippen LogP contribution is 2.34. The highest BCUT2D eigenvalue weighted by atomic mass is 15.2. The van der Waals surface area contributed by atoms with Crippen LogP contribution in [0.5, 0.6) is 0 Å². The molecule has 0 radical (unpaired) electrons. The largest absolute Gasteiger partial charge is 0.368 e. The molecule has 1 aliphatic heterocycles. The number of nitrogens with zero attached hydrogens (tertiary/aromatic N) is 6. The van der Waals surface area contributed by atoms with Crippen LogP contribution in [-0.4, -0.2) is 82.3 Å². The summed E-state index contributed by atoms with van der Waals surface area (Å²) >= 11 is 0. The molecule has 35 heavy (non-hydrogen) atoms. The fraction of sp³-hybridized carbons (Fsp3) is 0.296. The van der Waals surface area contributed by atoms with E-state index in [1.807, 2.05) is 18.6 Å². The first kappa shape index (κ1) is 21.8. The van der Waals surface area contributed by atoms with E-state index in [2.05, 4.69) is 97.4 Å². The van der Waals surface area contributed by atoms with Crippen molar-refractivity contribution in [2.75, 3.05) is 52.2 Å². The SMILES string of the molecule is CN(C)Cc1cncc(-c2cnc3n[nH]c(-c4cc5c(N6CCN(C)CC6)cccc5[nH]4)c3c2)c1. The Labute approximate surface area is 204 Å². The third-order valence-electron chi connectivity index (χ3n) is 6.79. The second-order valence-corrected chi connectivity index (χ2v) is 9.73. The topological polar surface area (TPSA) is 80.0 Å². The van der Waals surface area contributed by atoms with Crippen LogP contribution >= 0.6 is 0 Å². The molecule has 0 aliphatic carbocycles. The smallest absolute Gasteiger partial charge is 0.181 e. The van der Waals surface area contributed by atoms with Crippen molar-refractivity contribution in [2.24, 2.45) is 0 Å². The molecule has 5 heterocycles. The molecule has 6 rings (SSSR count). The van der Waals surface area contributed by atoms with E-state index in [-0.39, 0.29) is 0 Å². The van der Waals surface area contributed by atoms with E-state index >= 15 is 0 Å².